The Balaban J connectivity index is 2.13. The summed E-state index contributed by atoms with van der Waals surface area (Å²) in [5, 5.41) is 19.7. The maximum Gasteiger partial charge on any atom is 0.254 e. The molecule has 1 amide bonds. The molecule has 1 fully saturated rings. The zero-order valence-corrected chi connectivity index (χ0v) is 11.0. The maximum absolute atomic E-state index is 12.2. The Morgan fingerprint density at radius 1 is 1.39 bits per heavy atom. The van der Waals surface area contributed by atoms with Crippen LogP contribution in [0.1, 0.15) is 29.8 Å². The molecule has 0 saturated carbocycles. The van der Waals surface area contributed by atoms with Gasteiger partial charge in [-0.3, -0.25) is 4.79 Å². The number of β-amino-alcohol motifs (C(OH)–C–C–N with tert-alkyl or cyclic N) is 1. The predicted octanol–water partition coefficient (Wildman–Crippen LogP) is 1.54. The Morgan fingerprint density at radius 2 is 2.00 bits per heavy atom. The number of phenols is 1. The minimum absolute atomic E-state index is 0.125. The Labute approximate surface area is 107 Å². The molecule has 98 valence electrons. The van der Waals surface area contributed by atoms with Crippen molar-refractivity contribution in [2.24, 2.45) is 5.92 Å². The highest BCUT2D eigenvalue weighted by Gasteiger charge is 2.46. The smallest absolute Gasteiger partial charge is 0.254 e. The van der Waals surface area contributed by atoms with Crippen LogP contribution in [-0.4, -0.2) is 39.7 Å². The number of rotatable bonds is 2. The molecule has 2 rings (SSSR count). The second kappa shape index (κ2) is 4.28. The van der Waals surface area contributed by atoms with Crippen molar-refractivity contribution in [3.8, 4) is 5.75 Å². The summed E-state index contributed by atoms with van der Waals surface area (Å²) in [6, 6.07) is 4.92. The largest absolute Gasteiger partial charge is 0.508 e. The first-order valence-electron chi connectivity index (χ1n) is 6.15. The molecule has 4 nitrogen and oxygen atoms in total. The van der Waals surface area contributed by atoms with Gasteiger partial charge < -0.3 is 15.1 Å². The number of aliphatic hydroxyl groups is 1. The number of nitrogens with zero attached hydrogens (tertiary/aromatic N) is 1. The molecule has 0 aliphatic carbocycles. The maximum atomic E-state index is 12.2. The zero-order chi connectivity index (χ0) is 13.5. The van der Waals surface area contributed by atoms with Crippen LogP contribution >= 0.6 is 0 Å². The zero-order valence-electron chi connectivity index (χ0n) is 11.0. The number of likely N-dealkylation sites (tertiary alicyclic amines) is 1. The highest BCUT2D eigenvalue weighted by molar-refractivity contribution is 5.96. The van der Waals surface area contributed by atoms with E-state index >= 15 is 0 Å². The molecule has 1 aromatic rings. The molecule has 18 heavy (non-hydrogen) atoms. The molecular formula is C14H19NO3. The Hall–Kier alpha value is -1.55. The molecule has 0 radical (unpaired) electrons. The van der Waals surface area contributed by atoms with E-state index in [1.807, 2.05) is 13.8 Å². The summed E-state index contributed by atoms with van der Waals surface area (Å²) >= 11 is 0. The van der Waals surface area contributed by atoms with Gasteiger partial charge in [-0.15, -0.1) is 0 Å². The summed E-state index contributed by atoms with van der Waals surface area (Å²) in [7, 11) is 0. The number of benzene rings is 1. The molecule has 0 aromatic heterocycles. The fraction of sp³-hybridized carbons (Fsp3) is 0.500. The second-order valence-electron chi connectivity index (χ2n) is 5.37. The fourth-order valence-electron chi connectivity index (χ4n) is 2.15. The van der Waals surface area contributed by atoms with Crippen LogP contribution in [0.2, 0.25) is 0 Å². The van der Waals surface area contributed by atoms with Crippen molar-refractivity contribution in [1.82, 2.24) is 4.90 Å². The number of amides is 1. The normalized spacial score (nSPS) is 17.7. The lowest BCUT2D eigenvalue weighted by Crippen LogP contribution is -2.66. The molecule has 1 aliphatic heterocycles. The molecule has 1 saturated heterocycles. The van der Waals surface area contributed by atoms with Gasteiger partial charge in [-0.2, -0.15) is 0 Å². The van der Waals surface area contributed by atoms with E-state index in [2.05, 4.69) is 0 Å². The standard InChI is InChI=1S/C14H19NO3/c1-9(2)14(18)7-15(8-14)13(17)11-5-4-6-12(16)10(11)3/h4-6,9,16,18H,7-8H2,1-3H3. The van der Waals surface area contributed by atoms with Gasteiger partial charge in [-0.25, -0.2) is 0 Å². The second-order valence-corrected chi connectivity index (χ2v) is 5.37. The highest BCUT2D eigenvalue weighted by atomic mass is 16.3. The molecule has 0 spiro atoms. The molecule has 1 aliphatic rings. The SMILES string of the molecule is Cc1c(O)cccc1C(=O)N1CC(O)(C(C)C)C1. The van der Waals surface area contributed by atoms with E-state index < -0.39 is 5.60 Å². The summed E-state index contributed by atoms with van der Waals surface area (Å²) in [5.41, 5.74) is 0.323. The van der Waals surface area contributed by atoms with Crippen molar-refractivity contribution in [1.29, 1.82) is 0 Å². The molecule has 4 heteroatoms. The van der Waals surface area contributed by atoms with Gasteiger partial charge in [-0.1, -0.05) is 19.9 Å². The first-order valence-corrected chi connectivity index (χ1v) is 6.15. The first-order chi connectivity index (χ1) is 8.35. The quantitative estimate of drug-likeness (QED) is 0.836. The molecule has 0 bridgehead atoms. The molecular weight excluding hydrogens is 230 g/mol. The average molecular weight is 249 g/mol. The lowest BCUT2D eigenvalue weighted by atomic mass is 9.82. The highest BCUT2D eigenvalue weighted by Crippen LogP contribution is 2.31. The van der Waals surface area contributed by atoms with Crippen LogP contribution in [0.5, 0.6) is 5.75 Å². The van der Waals surface area contributed by atoms with Crippen molar-refractivity contribution >= 4 is 5.91 Å². The van der Waals surface area contributed by atoms with Crippen molar-refractivity contribution in [3.05, 3.63) is 29.3 Å². The summed E-state index contributed by atoms with van der Waals surface area (Å²) in [4.78, 5) is 13.8. The lowest BCUT2D eigenvalue weighted by Gasteiger charge is -2.49. The summed E-state index contributed by atoms with van der Waals surface area (Å²) in [6.07, 6.45) is 0. The van der Waals surface area contributed by atoms with Gasteiger partial charge in [0.15, 0.2) is 0 Å². The summed E-state index contributed by atoms with van der Waals surface area (Å²) in [6.45, 7) is 6.33. The molecule has 1 heterocycles. The van der Waals surface area contributed by atoms with Crippen molar-refractivity contribution in [3.63, 3.8) is 0 Å². The van der Waals surface area contributed by atoms with E-state index in [1.54, 1.807) is 30.0 Å². The van der Waals surface area contributed by atoms with Crippen LogP contribution < -0.4 is 0 Å². The molecule has 0 unspecified atom stereocenters. The van der Waals surface area contributed by atoms with E-state index in [4.69, 9.17) is 0 Å². The van der Waals surface area contributed by atoms with E-state index in [-0.39, 0.29) is 17.6 Å². The monoisotopic (exact) mass is 249 g/mol. The third kappa shape index (κ3) is 1.97. The van der Waals surface area contributed by atoms with Crippen molar-refractivity contribution < 1.29 is 15.0 Å². The minimum Gasteiger partial charge on any atom is -0.508 e. The number of aromatic hydroxyl groups is 1. The molecule has 2 N–H and O–H groups in total. The third-order valence-electron chi connectivity index (χ3n) is 3.83. The molecule has 1 aromatic carbocycles. The van der Waals surface area contributed by atoms with Gasteiger partial charge in [0.1, 0.15) is 11.4 Å². The van der Waals surface area contributed by atoms with Crippen LogP contribution in [0.15, 0.2) is 18.2 Å². The lowest BCUT2D eigenvalue weighted by molar-refractivity contribution is -0.110. The van der Waals surface area contributed by atoms with Crippen LogP contribution in [0, 0.1) is 12.8 Å². The summed E-state index contributed by atoms with van der Waals surface area (Å²) < 4.78 is 0. The minimum atomic E-state index is -0.764. The van der Waals surface area contributed by atoms with E-state index in [9.17, 15) is 15.0 Å². The van der Waals surface area contributed by atoms with Crippen LogP contribution in [0.25, 0.3) is 0 Å². The first kappa shape index (κ1) is 12.9. The van der Waals surface area contributed by atoms with Crippen molar-refractivity contribution in [2.75, 3.05) is 13.1 Å². The van der Waals surface area contributed by atoms with E-state index in [0.29, 0.717) is 24.2 Å². The summed E-state index contributed by atoms with van der Waals surface area (Å²) in [5.74, 6) is 0.126. The number of phenolic OH excluding ortho intramolecular Hbond substituents is 1. The van der Waals surface area contributed by atoms with Gasteiger partial charge in [-0.05, 0) is 25.0 Å². The number of hydrogen-bond acceptors (Lipinski definition) is 3. The third-order valence-corrected chi connectivity index (χ3v) is 3.83. The van der Waals surface area contributed by atoms with Gasteiger partial charge >= 0.3 is 0 Å². The Morgan fingerprint density at radius 3 is 2.56 bits per heavy atom. The van der Waals surface area contributed by atoms with Gasteiger partial charge in [0, 0.05) is 11.1 Å². The Bertz CT molecular complexity index is 476. The van der Waals surface area contributed by atoms with E-state index in [1.165, 1.54) is 0 Å². The van der Waals surface area contributed by atoms with E-state index in [0.717, 1.165) is 0 Å². The predicted molar refractivity (Wildman–Crippen MR) is 68.5 cm³/mol. The van der Waals surface area contributed by atoms with Crippen molar-refractivity contribution in [2.45, 2.75) is 26.4 Å². The molecule has 0 atom stereocenters. The van der Waals surface area contributed by atoms with Gasteiger partial charge in [0.05, 0.1) is 13.1 Å². The number of carbonyl (C=O) groups excluding carboxylic acids is 1. The fourth-order valence-corrected chi connectivity index (χ4v) is 2.15. The number of carbonyl (C=O) groups is 1. The van der Waals surface area contributed by atoms with Gasteiger partial charge in [0.25, 0.3) is 5.91 Å². The topological polar surface area (TPSA) is 60.8 Å². The van der Waals surface area contributed by atoms with Gasteiger partial charge in [0.2, 0.25) is 0 Å². The van der Waals surface area contributed by atoms with Crippen LogP contribution in [-0.2, 0) is 0 Å². The van der Waals surface area contributed by atoms with Crippen LogP contribution in [0.3, 0.4) is 0 Å². The Kier molecular flexibility index (Phi) is 3.07. The van der Waals surface area contributed by atoms with Crippen LogP contribution in [0.4, 0.5) is 0 Å². The average Bonchev–Trinajstić information content (AvgIpc) is 2.27. The number of hydrogen-bond donors (Lipinski definition) is 2.